The second-order valence-corrected chi connectivity index (χ2v) is 8.17. The maximum absolute atomic E-state index is 6.51. The third kappa shape index (κ3) is 4.79. The second kappa shape index (κ2) is 9.90. The van der Waals surface area contributed by atoms with Crippen molar-refractivity contribution in [2.45, 2.75) is 24.2 Å². The van der Waals surface area contributed by atoms with Crippen LogP contribution >= 0.6 is 0 Å². The van der Waals surface area contributed by atoms with Crippen LogP contribution in [0.5, 0.6) is 0 Å². The van der Waals surface area contributed by atoms with Gasteiger partial charge in [0.15, 0.2) is 0 Å². The van der Waals surface area contributed by atoms with Gasteiger partial charge in [0, 0.05) is 24.2 Å². The molecule has 0 aromatic heterocycles. The van der Waals surface area contributed by atoms with Gasteiger partial charge in [-0.15, -0.1) is 0 Å². The minimum atomic E-state index is -0.297. The lowest BCUT2D eigenvalue weighted by molar-refractivity contribution is 0.574. The Morgan fingerprint density at radius 1 is 0.344 bits per heavy atom. The molecular formula is C28H30N4. The zero-order valence-corrected chi connectivity index (χ0v) is 18.0. The van der Waals surface area contributed by atoms with Crippen LogP contribution in [0, 0.1) is 0 Å². The van der Waals surface area contributed by atoms with Crippen LogP contribution in [0.2, 0.25) is 0 Å². The molecule has 4 atom stereocenters. The van der Waals surface area contributed by atoms with Crippen molar-refractivity contribution < 1.29 is 0 Å². The van der Waals surface area contributed by atoms with E-state index in [-0.39, 0.29) is 24.2 Å². The third-order valence-electron chi connectivity index (χ3n) is 6.04. The Hall–Kier alpha value is -3.28. The Kier molecular flexibility index (Phi) is 6.78. The van der Waals surface area contributed by atoms with Crippen LogP contribution in [0.4, 0.5) is 0 Å². The van der Waals surface area contributed by atoms with Gasteiger partial charge in [-0.05, 0) is 39.4 Å². The molecule has 0 radical (unpaired) electrons. The summed E-state index contributed by atoms with van der Waals surface area (Å²) in [5, 5.41) is 0. The smallest absolute Gasteiger partial charge is 0.0491 e. The highest BCUT2D eigenvalue weighted by Gasteiger charge is 2.19. The van der Waals surface area contributed by atoms with E-state index in [0.717, 1.165) is 33.4 Å². The molecule has 0 amide bonds. The average Bonchev–Trinajstić information content (AvgIpc) is 2.88. The highest BCUT2D eigenvalue weighted by Crippen LogP contribution is 2.30. The summed E-state index contributed by atoms with van der Waals surface area (Å²) in [5.74, 6) is 0. The molecule has 0 heterocycles. The zero-order valence-electron chi connectivity index (χ0n) is 18.0. The predicted molar refractivity (Wildman–Crippen MR) is 132 cm³/mol. The SMILES string of the molecule is N[C@H](c1ccccc1)[C@H](N)c1cccc(-c2ccc([C@H](N)[C@@H](N)c3ccccc3)cc2)c1. The van der Waals surface area contributed by atoms with E-state index in [9.17, 15) is 0 Å². The van der Waals surface area contributed by atoms with E-state index in [0.29, 0.717) is 0 Å². The Morgan fingerprint density at radius 2 is 0.750 bits per heavy atom. The second-order valence-electron chi connectivity index (χ2n) is 8.17. The van der Waals surface area contributed by atoms with E-state index < -0.39 is 0 Å². The van der Waals surface area contributed by atoms with Crippen molar-refractivity contribution >= 4 is 0 Å². The summed E-state index contributed by atoms with van der Waals surface area (Å²) in [5.41, 5.74) is 32.1. The first-order valence-corrected chi connectivity index (χ1v) is 10.9. The van der Waals surface area contributed by atoms with Crippen molar-refractivity contribution in [3.63, 3.8) is 0 Å². The molecule has 4 heteroatoms. The molecule has 8 N–H and O–H groups in total. The van der Waals surface area contributed by atoms with Crippen molar-refractivity contribution in [3.8, 4) is 11.1 Å². The number of nitrogens with two attached hydrogens (primary N) is 4. The van der Waals surface area contributed by atoms with Crippen molar-refractivity contribution in [3.05, 3.63) is 131 Å². The molecular weight excluding hydrogens is 392 g/mol. The summed E-state index contributed by atoms with van der Waals surface area (Å²) in [6, 6.07) is 35.3. The average molecular weight is 423 g/mol. The number of benzene rings is 4. The summed E-state index contributed by atoms with van der Waals surface area (Å²) in [6.45, 7) is 0. The van der Waals surface area contributed by atoms with Crippen molar-refractivity contribution in [1.29, 1.82) is 0 Å². The van der Waals surface area contributed by atoms with Crippen molar-refractivity contribution in [2.75, 3.05) is 0 Å². The van der Waals surface area contributed by atoms with Crippen LogP contribution in [0.25, 0.3) is 11.1 Å². The van der Waals surface area contributed by atoms with Crippen LogP contribution in [0.3, 0.4) is 0 Å². The fraction of sp³-hybridized carbons (Fsp3) is 0.143. The molecule has 0 saturated carbocycles. The minimum Gasteiger partial charge on any atom is -0.322 e. The third-order valence-corrected chi connectivity index (χ3v) is 6.04. The predicted octanol–water partition coefficient (Wildman–Crippen LogP) is 4.75. The molecule has 4 aromatic carbocycles. The Balaban J connectivity index is 1.52. The summed E-state index contributed by atoms with van der Waals surface area (Å²) < 4.78 is 0. The van der Waals surface area contributed by atoms with Crippen molar-refractivity contribution in [1.82, 2.24) is 0 Å². The Labute approximate surface area is 189 Å². The van der Waals surface area contributed by atoms with Gasteiger partial charge in [0.1, 0.15) is 0 Å². The first-order valence-electron chi connectivity index (χ1n) is 10.9. The first kappa shape index (κ1) is 21.9. The molecule has 162 valence electrons. The maximum Gasteiger partial charge on any atom is 0.0491 e. The summed E-state index contributed by atoms with van der Waals surface area (Å²) in [7, 11) is 0. The van der Waals surface area contributed by atoms with E-state index in [1.165, 1.54) is 0 Å². The number of hydrogen-bond acceptors (Lipinski definition) is 4. The van der Waals surface area contributed by atoms with E-state index in [2.05, 4.69) is 24.3 Å². The van der Waals surface area contributed by atoms with Gasteiger partial charge in [0.25, 0.3) is 0 Å². The van der Waals surface area contributed by atoms with Gasteiger partial charge in [-0.3, -0.25) is 0 Å². The summed E-state index contributed by atoms with van der Waals surface area (Å²) in [4.78, 5) is 0. The van der Waals surface area contributed by atoms with Crippen LogP contribution < -0.4 is 22.9 Å². The van der Waals surface area contributed by atoms with Crippen LogP contribution in [0.1, 0.15) is 46.4 Å². The molecule has 4 rings (SSSR count). The molecule has 32 heavy (non-hydrogen) atoms. The zero-order chi connectivity index (χ0) is 22.5. The van der Waals surface area contributed by atoms with Gasteiger partial charge in [0.2, 0.25) is 0 Å². The van der Waals surface area contributed by atoms with Gasteiger partial charge in [-0.2, -0.15) is 0 Å². The van der Waals surface area contributed by atoms with Crippen LogP contribution in [-0.4, -0.2) is 0 Å². The molecule has 0 aliphatic carbocycles. The van der Waals surface area contributed by atoms with Gasteiger partial charge in [-0.25, -0.2) is 0 Å². The maximum atomic E-state index is 6.51. The molecule has 0 aliphatic rings. The lowest BCUT2D eigenvalue weighted by Crippen LogP contribution is -2.26. The first-order chi connectivity index (χ1) is 15.5. The standard InChI is InChI=1S/C28H30N4/c29-25(20-8-3-1-4-9-20)27(31)22-16-14-19(15-17-22)23-12-7-13-24(18-23)28(32)26(30)21-10-5-2-6-11-21/h1-18,25-28H,29-32H2/t25-,26+,27-,28+/m0/s1. The summed E-state index contributed by atoms with van der Waals surface area (Å²) in [6.07, 6.45) is 0. The monoisotopic (exact) mass is 422 g/mol. The van der Waals surface area contributed by atoms with Crippen molar-refractivity contribution in [2.24, 2.45) is 22.9 Å². The summed E-state index contributed by atoms with van der Waals surface area (Å²) >= 11 is 0. The largest absolute Gasteiger partial charge is 0.322 e. The molecule has 0 bridgehead atoms. The topological polar surface area (TPSA) is 104 Å². The van der Waals surface area contributed by atoms with Crippen LogP contribution in [0.15, 0.2) is 109 Å². The Bertz CT molecular complexity index is 1130. The van der Waals surface area contributed by atoms with Gasteiger partial charge in [0.05, 0.1) is 0 Å². The fourth-order valence-corrected chi connectivity index (χ4v) is 4.00. The number of rotatable bonds is 7. The molecule has 4 nitrogen and oxygen atoms in total. The Morgan fingerprint density at radius 3 is 1.25 bits per heavy atom. The van der Waals surface area contributed by atoms with E-state index in [4.69, 9.17) is 22.9 Å². The van der Waals surface area contributed by atoms with Crippen LogP contribution in [-0.2, 0) is 0 Å². The van der Waals surface area contributed by atoms with Gasteiger partial charge >= 0.3 is 0 Å². The van der Waals surface area contributed by atoms with Gasteiger partial charge in [-0.1, -0.05) is 103 Å². The molecule has 0 saturated heterocycles. The highest BCUT2D eigenvalue weighted by molar-refractivity contribution is 5.65. The minimum absolute atomic E-state index is 0.261. The van der Waals surface area contributed by atoms with Gasteiger partial charge < -0.3 is 22.9 Å². The molecule has 0 aliphatic heterocycles. The number of hydrogen-bond donors (Lipinski definition) is 4. The molecule has 0 fully saturated rings. The van der Waals surface area contributed by atoms with E-state index in [1.807, 2.05) is 84.9 Å². The molecule has 0 unspecified atom stereocenters. The highest BCUT2D eigenvalue weighted by atomic mass is 14.8. The normalized spacial score (nSPS) is 15.0. The lowest BCUT2D eigenvalue weighted by Gasteiger charge is -2.22. The van der Waals surface area contributed by atoms with E-state index >= 15 is 0 Å². The molecule has 4 aromatic rings. The lowest BCUT2D eigenvalue weighted by atomic mass is 9.91. The molecule has 0 spiro atoms. The van der Waals surface area contributed by atoms with E-state index in [1.54, 1.807) is 0 Å². The quantitative estimate of drug-likeness (QED) is 0.345. The fourth-order valence-electron chi connectivity index (χ4n) is 4.00.